The number of para-hydroxylation sites is 1. The van der Waals surface area contributed by atoms with Crippen molar-refractivity contribution in [1.29, 1.82) is 0 Å². The summed E-state index contributed by atoms with van der Waals surface area (Å²) in [4.78, 5) is 17.8. The number of carbonyl (C=O) groups is 1. The Labute approximate surface area is 112 Å². The molecule has 0 atom stereocenters. The van der Waals surface area contributed by atoms with Gasteiger partial charge in [-0.3, -0.25) is 9.79 Å². The number of nitrogens with one attached hydrogen (secondary N) is 1. The van der Waals surface area contributed by atoms with Crippen LogP contribution in [0.1, 0.15) is 0 Å². The van der Waals surface area contributed by atoms with E-state index in [1.807, 2.05) is 36.4 Å². The number of nitrogens with zero attached hydrogens (tertiary/aromatic N) is 1. The molecule has 3 rings (SSSR count). The highest BCUT2D eigenvalue weighted by Gasteiger charge is 2.20. The summed E-state index contributed by atoms with van der Waals surface area (Å²) >= 11 is 1.50. The lowest BCUT2D eigenvalue weighted by Gasteiger charge is -2.18. The van der Waals surface area contributed by atoms with Crippen LogP contribution in [0.4, 0.5) is 5.69 Å². The van der Waals surface area contributed by atoms with Gasteiger partial charge in [-0.15, -0.1) is 0 Å². The maximum Gasteiger partial charge on any atom is 0.262 e. The molecule has 0 fully saturated rings. The number of carbonyl (C=O) groups excluding carboxylic acids is 1. The molecule has 5 heteroatoms. The number of fused-ring (bicyclic) bond motifs is 1. The SMILES string of the molecule is O=C1Nc2ccccc2SC1=CC1=CCN=C1.[B]. The lowest BCUT2D eigenvalue weighted by atomic mass is 10.2. The minimum absolute atomic E-state index is 0. The van der Waals surface area contributed by atoms with Gasteiger partial charge in [0, 0.05) is 19.5 Å². The monoisotopic (exact) mass is 253 g/mol. The highest BCUT2D eigenvalue weighted by Crippen LogP contribution is 2.38. The first-order valence-corrected chi connectivity index (χ1v) is 6.14. The van der Waals surface area contributed by atoms with Crippen LogP contribution in [-0.4, -0.2) is 27.1 Å². The Morgan fingerprint density at radius 3 is 2.94 bits per heavy atom. The third kappa shape index (κ3) is 2.41. The van der Waals surface area contributed by atoms with Gasteiger partial charge in [-0.2, -0.15) is 0 Å². The Morgan fingerprint density at radius 2 is 2.17 bits per heavy atom. The highest BCUT2D eigenvalue weighted by atomic mass is 32.2. The molecule has 0 bridgehead atoms. The number of allylic oxidation sites excluding steroid dienone is 2. The summed E-state index contributed by atoms with van der Waals surface area (Å²) in [5, 5.41) is 2.88. The molecule has 2 aliphatic rings. The number of benzene rings is 1. The highest BCUT2D eigenvalue weighted by molar-refractivity contribution is 8.04. The molecule has 1 aromatic rings. The summed E-state index contributed by atoms with van der Waals surface area (Å²) in [6, 6.07) is 7.80. The maximum absolute atomic E-state index is 11.9. The van der Waals surface area contributed by atoms with Gasteiger partial charge in [0.05, 0.1) is 17.1 Å². The van der Waals surface area contributed by atoms with Gasteiger partial charge in [0.25, 0.3) is 5.91 Å². The standard InChI is InChI=1S/C13H10N2OS.B/c16-13-12(7-9-5-6-14-8-9)17-11-4-2-1-3-10(11)15-13;/h1-5,7-8H,6H2,(H,15,16);. The molecule has 0 aromatic heterocycles. The molecule has 18 heavy (non-hydrogen) atoms. The zero-order valence-electron chi connectivity index (χ0n) is 9.59. The molecule has 0 spiro atoms. The molecule has 0 aliphatic carbocycles. The van der Waals surface area contributed by atoms with Crippen molar-refractivity contribution in [2.24, 2.45) is 4.99 Å². The molecule has 2 aliphatic heterocycles. The summed E-state index contributed by atoms with van der Waals surface area (Å²) in [5.41, 5.74) is 1.88. The van der Waals surface area contributed by atoms with Crippen molar-refractivity contribution in [2.45, 2.75) is 4.90 Å². The third-order valence-corrected chi connectivity index (χ3v) is 3.65. The number of thioether (sulfide) groups is 1. The van der Waals surface area contributed by atoms with Crippen LogP contribution in [0.25, 0.3) is 0 Å². The number of anilines is 1. The van der Waals surface area contributed by atoms with Crippen LogP contribution in [0, 0.1) is 0 Å². The normalized spacial score (nSPS) is 19.0. The largest absolute Gasteiger partial charge is 0.320 e. The van der Waals surface area contributed by atoms with E-state index in [4.69, 9.17) is 0 Å². The van der Waals surface area contributed by atoms with Gasteiger partial charge in [0.2, 0.25) is 0 Å². The molecule has 0 saturated carbocycles. The van der Waals surface area contributed by atoms with Crippen molar-refractivity contribution in [3.63, 3.8) is 0 Å². The van der Waals surface area contributed by atoms with Gasteiger partial charge in [-0.1, -0.05) is 30.0 Å². The van der Waals surface area contributed by atoms with Gasteiger partial charge in [-0.05, 0) is 23.8 Å². The van der Waals surface area contributed by atoms with Crippen molar-refractivity contribution in [3.05, 3.63) is 46.9 Å². The minimum atomic E-state index is -0.0464. The Bertz CT molecular complexity index is 578. The van der Waals surface area contributed by atoms with Crippen molar-refractivity contribution in [3.8, 4) is 0 Å². The third-order valence-electron chi connectivity index (χ3n) is 2.55. The van der Waals surface area contributed by atoms with Crippen molar-refractivity contribution in [2.75, 3.05) is 11.9 Å². The van der Waals surface area contributed by atoms with Gasteiger partial charge in [0.15, 0.2) is 0 Å². The van der Waals surface area contributed by atoms with Crippen molar-refractivity contribution >= 4 is 38.0 Å². The first-order chi connectivity index (χ1) is 8.33. The van der Waals surface area contributed by atoms with Crippen LogP contribution in [0.3, 0.4) is 0 Å². The number of amides is 1. The first kappa shape index (κ1) is 12.7. The quantitative estimate of drug-likeness (QED) is 0.616. The Morgan fingerprint density at radius 1 is 1.33 bits per heavy atom. The van der Waals surface area contributed by atoms with E-state index in [-0.39, 0.29) is 14.3 Å². The lowest BCUT2D eigenvalue weighted by molar-refractivity contribution is -0.112. The fraction of sp³-hybridized carbons (Fsp3) is 0.0769. The minimum Gasteiger partial charge on any atom is -0.320 e. The number of hydrogen-bond donors (Lipinski definition) is 1. The van der Waals surface area contributed by atoms with E-state index in [0.717, 1.165) is 16.2 Å². The molecular weight excluding hydrogens is 243 g/mol. The number of rotatable bonds is 1. The van der Waals surface area contributed by atoms with Crippen LogP contribution in [0.5, 0.6) is 0 Å². The molecule has 87 valence electrons. The molecule has 0 saturated heterocycles. The Balaban J connectivity index is 0.00000120. The zero-order chi connectivity index (χ0) is 11.7. The molecule has 1 amide bonds. The van der Waals surface area contributed by atoms with Crippen LogP contribution in [0.2, 0.25) is 0 Å². The van der Waals surface area contributed by atoms with Crippen molar-refractivity contribution < 1.29 is 4.79 Å². The predicted octanol–water partition coefficient (Wildman–Crippen LogP) is 2.24. The number of hydrogen-bond acceptors (Lipinski definition) is 3. The molecule has 1 N–H and O–H groups in total. The second kappa shape index (κ2) is 5.27. The molecule has 1 aromatic carbocycles. The molecule has 2 heterocycles. The van der Waals surface area contributed by atoms with E-state index in [9.17, 15) is 4.79 Å². The Kier molecular flexibility index (Phi) is 3.72. The zero-order valence-corrected chi connectivity index (χ0v) is 10.4. The van der Waals surface area contributed by atoms with E-state index >= 15 is 0 Å². The van der Waals surface area contributed by atoms with E-state index < -0.39 is 0 Å². The fourth-order valence-electron chi connectivity index (χ4n) is 1.72. The van der Waals surface area contributed by atoms with Gasteiger partial charge < -0.3 is 5.32 Å². The second-order valence-electron chi connectivity index (χ2n) is 3.76. The van der Waals surface area contributed by atoms with Crippen molar-refractivity contribution in [1.82, 2.24) is 0 Å². The molecule has 3 nitrogen and oxygen atoms in total. The summed E-state index contributed by atoms with van der Waals surface area (Å²) in [6.45, 7) is 0.710. The maximum atomic E-state index is 11.9. The van der Waals surface area contributed by atoms with E-state index in [0.29, 0.717) is 11.4 Å². The summed E-state index contributed by atoms with van der Waals surface area (Å²) in [5.74, 6) is -0.0464. The second-order valence-corrected chi connectivity index (χ2v) is 4.84. The Hall–Kier alpha value is -1.75. The van der Waals surface area contributed by atoms with Gasteiger partial charge in [-0.25, -0.2) is 0 Å². The lowest BCUT2D eigenvalue weighted by Crippen LogP contribution is -2.17. The average molecular weight is 253 g/mol. The van der Waals surface area contributed by atoms with Gasteiger partial charge in [0.1, 0.15) is 0 Å². The summed E-state index contributed by atoms with van der Waals surface area (Å²) in [6.07, 6.45) is 5.68. The molecule has 3 radical (unpaired) electrons. The van der Waals surface area contributed by atoms with E-state index in [2.05, 4.69) is 10.3 Å². The van der Waals surface area contributed by atoms with E-state index in [1.165, 1.54) is 11.8 Å². The summed E-state index contributed by atoms with van der Waals surface area (Å²) < 4.78 is 0. The van der Waals surface area contributed by atoms with E-state index in [1.54, 1.807) is 6.21 Å². The van der Waals surface area contributed by atoms with Crippen LogP contribution in [-0.2, 0) is 4.79 Å². The topological polar surface area (TPSA) is 41.5 Å². The van der Waals surface area contributed by atoms with Crippen LogP contribution >= 0.6 is 11.8 Å². The molecule has 0 unspecified atom stereocenters. The predicted molar refractivity (Wildman–Crippen MR) is 76.2 cm³/mol. The van der Waals surface area contributed by atoms with Gasteiger partial charge >= 0.3 is 0 Å². The fourth-order valence-corrected chi connectivity index (χ4v) is 2.67. The smallest absolute Gasteiger partial charge is 0.262 e. The average Bonchev–Trinajstić information content (AvgIpc) is 2.83. The summed E-state index contributed by atoms with van der Waals surface area (Å²) in [7, 11) is 0. The molecular formula is C13H10BN2OS. The van der Waals surface area contributed by atoms with Crippen LogP contribution in [0.15, 0.2) is 56.8 Å². The number of aliphatic imine (C=N–C) groups is 1. The van der Waals surface area contributed by atoms with Crippen LogP contribution < -0.4 is 5.32 Å². The first-order valence-electron chi connectivity index (χ1n) is 5.33.